The molecule has 1 saturated carbocycles. The number of carbonyl (C=O) groups is 1. The van der Waals surface area contributed by atoms with E-state index in [4.69, 9.17) is 0 Å². The van der Waals surface area contributed by atoms with Gasteiger partial charge in [-0.05, 0) is 44.4 Å². The van der Waals surface area contributed by atoms with Crippen LogP contribution in [0.4, 0.5) is 0 Å². The van der Waals surface area contributed by atoms with E-state index in [0.29, 0.717) is 31.0 Å². The van der Waals surface area contributed by atoms with E-state index in [9.17, 15) is 9.90 Å². The van der Waals surface area contributed by atoms with Gasteiger partial charge in [0.15, 0.2) is 0 Å². The normalized spacial score (nSPS) is 35.8. The number of aliphatic hydroxyl groups is 1. The maximum Gasteiger partial charge on any atom is 0.220 e. The first kappa shape index (κ1) is 14.3. The molecule has 20 heavy (non-hydrogen) atoms. The van der Waals surface area contributed by atoms with Crippen LogP contribution in [-0.4, -0.2) is 35.2 Å². The smallest absolute Gasteiger partial charge is 0.220 e. The first-order chi connectivity index (χ1) is 9.63. The Bertz CT molecular complexity index is 340. The van der Waals surface area contributed by atoms with Gasteiger partial charge in [0.1, 0.15) is 0 Å². The Morgan fingerprint density at radius 1 is 1.15 bits per heavy atom. The molecule has 3 aliphatic rings. The monoisotopic (exact) mass is 280 g/mol. The number of amides is 1. The van der Waals surface area contributed by atoms with Crippen molar-refractivity contribution in [1.82, 2.24) is 10.6 Å². The summed E-state index contributed by atoms with van der Waals surface area (Å²) in [6.45, 7) is 0.448. The molecule has 2 atom stereocenters. The highest BCUT2D eigenvalue weighted by Crippen LogP contribution is 2.32. The van der Waals surface area contributed by atoms with Gasteiger partial charge in [-0.1, -0.05) is 19.3 Å². The molecule has 3 rings (SSSR count). The average Bonchev–Trinajstić information content (AvgIpc) is 2.77. The summed E-state index contributed by atoms with van der Waals surface area (Å²) >= 11 is 0. The first-order valence-corrected chi connectivity index (χ1v) is 8.38. The van der Waals surface area contributed by atoms with E-state index in [1.165, 1.54) is 19.3 Å². The number of hydrogen-bond acceptors (Lipinski definition) is 3. The summed E-state index contributed by atoms with van der Waals surface area (Å²) in [5, 5.41) is 17.0. The Balaban J connectivity index is 1.41. The minimum absolute atomic E-state index is 0.135. The number of fused-ring (bicyclic) bond motifs is 2. The standard InChI is InChI=1S/C16H28N2O2/c19-15(17-11-16(20)6-2-1-3-7-16)10-12-8-13-4-5-14(9-12)18-13/h12-14,18,20H,1-11H2,(H,17,19). The van der Waals surface area contributed by atoms with Gasteiger partial charge in [-0.2, -0.15) is 0 Å². The summed E-state index contributed by atoms with van der Waals surface area (Å²) in [7, 11) is 0. The molecule has 1 aliphatic carbocycles. The highest BCUT2D eigenvalue weighted by atomic mass is 16.3. The second kappa shape index (κ2) is 6.02. The van der Waals surface area contributed by atoms with E-state index in [1.54, 1.807) is 0 Å². The highest BCUT2D eigenvalue weighted by molar-refractivity contribution is 5.76. The third-order valence-corrected chi connectivity index (χ3v) is 5.44. The van der Waals surface area contributed by atoms with Crippen molar-refractivity contribution in [3.63, 3.8) is 0 Å². The number of rotatable bonds is 4. The van der Waals surface area contributed by atoms with Crippen molar-refractivity contribution in [1.29, 1.82) is 0 Å². The van der Waals surface area contributed by atoms with Crippen molar-refractivity contribution in [3.05, 3.63) is 0 Å². The SMILES string of the molecule is O=C(CC1CC2CCC(C1)N2)NCC1(O)CCCCC1. The molecule has 0 radical (unpaired) electrons. The number of nitrogens with one attached hydrogen (secondary N) is 2. The molecule has 1 amide bonds. The molecule has 114 valence electrons. The van der Waals surface area contributed by atoms with Gasteiger partial charge in [0.2, 0.25) is 5.91 Å². The van der Waals surface area contributed by atoms with Crippen molar-refractivity contribution in [3.8, 4) is 0 Å². The summed E-state index contributed by atoms with van der Waals surface area (Å²) in [5.74, 6) is 0.671. The molecule has 2 bridgehead atoms. The van der Waals surface area contributed by atoms with Gasteiger partial charge in [0.05, 0.1) is 5.60 Å². The Morgan fingerprint density at radius 3 is 2.45 bits per heavy atom. The lowest BCUT2D eigenvalue weighted by Crippen LogP contribution is -2.45. The highest BCUT2D eigenvalue weighted by Gasteiger charge is 2.35. The van der Waals surface area contributed by atoms with E-state index in [1.807, 2.05) is 0 Å². The van der Waals surface area contributed by atoms with Crippen molar-refractivity contribution in [2.45, 2.75) is 81.9 Å². The second-order valence-corrected chi connectivity index (χ2v) is 7.24. The molecular formula is C16H28N2O2. The van der Waals surface area contributed by atoms with Crippen LogP contribution in [0.3, 0.4) is 0 Å². The summed E-state index contributed by atoms with van der Waals surface area (Å²) in [6, 6.07) is 1.29. The van der Waals surface area contributed by atoms with Gasteiger partial charge in [-0.15, -0.1) is 0 Å². The predicted octanol–water partition coefficient (Wildman–Crippen LogP) is 1.72. The van der Waals surface area contributed by atoms with Crippen LogP contribution < -0.4 is 10.6 Å². The summed E-state index contributed by atoms with van der Waals surface area (Å²) < 4.78 is 0. The molecule has 0 spiro atoms. The van der Waals surface area contributed by atoms with Crippen LogP contribution in [0.1, 0.15) is 64.2 Å². The largest absolute Gasteiger partial charge is 0.388 e. The summed E-state index contributed by atoms with van der Waals surface area (Å²) in [6.07, 6.45) is 10.6. The fraction of sp³-hybridized carbons (Fsp3) is 0.938. The number of carbonyl (C=O) groups excluding carboxylic acids is 1. The zero-order valence-electron chi connectivity index (χ0n) is 12.4. The van der Waals surface area contributed by atoms with Crippen molar-refractivity contribution in [2.24, 2.45) is 5.92 Å². The first-order valence-electron chi connectivity index (χ1n) is 8.38. The van der Waals surface area contributed by atoms with Crippen LogP contribution in [0.15, 0.2) is 0 Å². The lowest BCUT2D eigenvalue weighted by Gasteiger charge is -2.33. The molecule has 2 saturated heterocycles. The van der Waals surface area contributed by atoms with Crippen LogP contribution >= 0.6 is 0 Å². The zero-order chi connectivity index (χ0) is 14.0. The molecule has 3 fully saturated rings. The fourth-order valence-electron chi connectivity index (χ4n) is 4.33. The lowest BCUT2D eigenvalue weighted by atomic mass is 9.84. The van der Waals surface area contributed by atoms with Crippen LogP contribution in [0.2, 0.25) is 0 Å². The van der Waals surface area contributed by atoms with Gasteiger partial charge in [-0.3, -0.25) is 4.79 Å². The molecule has 0 aromatic carbocycles. The van der Waals surface area contributed by atoms with Gasteiger partial charge in [0, 0.05) is 25.0 Å². The molecule has 0 aromatic heterocycles. The van der Waals surface area contributed by atoms with Crippen molar-refractivity contribution < 1.29 is 9.90 Å². The van der Waals surface area contributed by atoms with Crippen molar-refractivity contribution in [2.75, 3.05) is 6.54 Å². The van der Waals surface area contributed by atoms with Crippen LogP contribution in [0.5, 0.6) is 0 Å². The van der Waals surface area contributed by atoms with Gasteiger partial charge >= 0.3 is 0 Å². The molecule has 2 aliphatic heterocycles. The second-order valence-electron chi connectivity index (χ2n) is 7.24. The van der Waals surface area contributed by atoms with Gasteiger partial charge in [-0.25, -0.2) is 0 Å². The Morgan fingerprint density at radius 2 is 1.80 bits per heavy atom. The number of piperidine rings is 1. The van der Waals surface area contributed by atoms with E-state index in [0.717, 1.165) is 38.5 Å². The predicted molar refractivity (Wildman–Crippen MR) is 78.3 cm³/mol. The van der Waals surface area contributed by atoms with E-state index >= 15 is 0 Å². The van der Waals surface area contributed by atoms with Crippen LogP contribution in [0, 0.1) is 5.92 Å². The molecule has 2 heterocycles. The zero-order valence-corrected chi connectivity index (χ0v) is 12.4. The lowest BCUT2D eigenvalue weighted by molar-refractivity contribution is -0.124. The van der Waals surface area contributed by atoms with E-state index in [2.05, 4.69) is 10.6 Å². The van der Waals surface area contributed by atoms with Gasteiger partial charge < -0.3 is 15.7 Å². The summed E-state index contributed by atoms with van der Waals surface area (Å²) in [4.78, 5) is 12.1. The molecule has 4 nitrogen and oxygen atoms in total. The molecule has 4 heteroatoms. The van der Waals surface area contributed by atoms with Crippen LogP contribution in [0.25, 0.3) is 0 Å². The van der Waals surface area contributed by atoms with E-state index < -0.39 is 5.60 Å². The number of hydrogen-bond donors (Lipinski definition) is 3. The third-order valence-electron chi connectivity index (χ3n) is 5.44. The Kier molecular flexibility index (Phi) is 4.32. The van der Waals surface area contributed by atoms with Gasteiger partial charge in [0.25, 0.3) is 0 Å². The van der Waals surface area contributed by atoms with Crippen LogP contribution in [-0.2, 0) is 4.79 Å². The average molecular weight is 280 g/mol. The Labute approximate surface area is 121 Å². The fourth-order valence-corrected chi connectivity index (χ4v) is 4.33. The molecule has 3 N–H and O–H groups in total. The minimum atomic E-state index is -0.638. The van der Waals surface area contributed by atoms with Crippen molar-refractivity contribution >= 4 is 5.91 Å². The topological polar surface area (TPSA) is 61.4 Å². The molecule has 2 unspecified atom stereocenters. The Hall–Kier alpha value is -0.610. The molecular weight excluding hydrogens is 252 g/mol. The quantitative estimate of drug-likeness (QED) is 0.735. The third kappa shape index (κ3) is 3.53. The minimum Gasteiger partial charge on any atom is -0.388 e. The summed E-state index contributed by atoms with van der Waals surface area (Å²) in [5.41, 5.74) is -0.638. The van der Waals surface area contributed by atoms with E-state index in [-0.39, 0.29) is 5.91 Å². The molecule has 0 aromatic rings. The maximum atomic E-state index is 12.1. The maximum absolute atomic E-state index is 12.1.